The second-order valence-electron chi connectivity index (χ2n) is 0. The van der Waals surface area contributed by atoms with Gasteiger partial charge in [0.2, 0.25) is 0 Å². The van der Waals surface area contributed by atoms with E-state index in [1.165, 1.54) is 0 Å². The van der Waals surface area contributed by atoms with Crippen molar-refractivity contribution >= 4 is 0 Å². The summed E-state index contributed by atoms with van der Waals surface area (Å²) in [4.78, 5) is 0. The van der Waals surface area contributed by atoms with E-state index in [9.17, 15) is 0 Å². The van der Waals surface area contributed by atoms with Crippen molar-refractivity contribution in [2.24, 2.45) is 0 Å². The maximum Gasteiger partial charge on any atom is 0 e. The van der Waals surface area contributed by atoms with Gasteiger partial charge in [-0.25, -0.2) is 0 Å². The Morgan fingerprint density at radius 3 is 1.00 bits per heavy atom. The summed E-state index contributed by atoms with van der Waals surface area (Å²) in [5, 5.41) is 0. The van der Waals surface area contributed by atoms with Crippen LogP contribution in [0, 0.1) is 0 Å². The van der Waals surface area contributed by atoms with Crippen LogP contribution in [0.25, 0.3) is 0 Å². The van der Waals surface area contributed by atoms with Gasteiger partial charge in [-0.3, -0.25) is 0 Å². The summed E-state index contributed by atoms with van der Waals surface area (Å²) in [7, 11) is 0. The molecule has 0 N–H and O–H groups in total. The van der Waals surface area contributed by atoms with Gasteiger partial charge in [0.15, 0.2) is 0 Å². The number of hydrogen-bond acceptors (Lipinski definition) is 0. The van der Waals surface area contributed by atoms with E-state index >= 15 is 0 Å². The first-order chi connectivity index (χ1) is 0. The molecule has 4 heteroatoms. The van der Waals surface area contributed by atoms with Gasteiger partial charge in [-0.05, 0) is 0 Å². The normalized spacial score (nSPS) is 0. The molecule has 0 rings (SSSR count). The summed E-state index contributed by atoms with van der Waals surface area (Å²) < 4.78 is 0. The van der Waals surface area contributed by atoms with Crippen LogP contribution in [0.1, 0.15) is 0 Å². The molecule has 0 fully saturated rings. The van der Waals surface area contributed by atoms with Gasteiger partial charge in [0, 0.05) is 83.3 Å². The minimum absolute atomic E-state index is 0. The average molecular weight is 512 g/mol. The second-order valence-corrected chi connectivity index (χ2v) is 0. The predicted octanol–water partition coefficient (Wildman–Crippen LogP) is -0.0100. The summed E-state index contributed by atoms with van der Waals surface area (Å²) in [6, 6.07) is 0. The van der Waals surface area contributed by atoms with Crippen LogP contribution in [0.4, 0.5) is 0 Å². The molecular formula is AgPdPtRh. The van der Waals surface area contributed by atoms with Gasteiger partial charge in [0.25, 0.3) is 0 Å². The zero-order valence-corrected chi connectivity index (χ0v) is 8.22. The molecule has 0 heterocycles. The van der Waals surface area contributed by atoms with Crippen LogP contribution in [-0.4, -0.2) is 0 Å². The summed E-state index contributed by atoms with van der Waals surface area (Å²) in [6.07, 6.45) is 0. The topological polar surface area (TPSA) is 0 Å². The van der Waals surface area contributed by atoms with Crippen molar-refractivity contribution in [1.82, 2.24) is 0 Å². The van der Waals surface area contributed by atoms with Crippen molar-refractivity contribution in [2.45, 2.75) is 0 Å². The third kappa shape index (κ3) is 8.83. The molecule has 0 bridgehead atoms. The standard InChI is InChI=1S/Ag.Pd.Pt.Rh. The van der Waals surface area contributed by atoms with Crippen molar-refractivity contribution in [3.63, 3.8) is 0 Å². The first kappa shape index (κ1) is 29.8. The van der Waals surface area contributed by atoms with Gasteiger partial charge in [-0.1, -0.05) is 0 Å². The average Bonchev–Trinajstić information content (AvgIpc) is 0. The summed E-state index contributed by atoms with van der Waals surface area (Å²) in [5.41, 5.74) is 0. The zero-order chi connectivity index (χ0) is 0. The summed E-state index contributed by atoms with van der Waals surface area (Å²) in [6.45, 7) is 0. The molecule has 0 unspecified atom stereocenters. The molecule has 0 aliphatic heterocycles. The third-order valence-electron chi connectivity index (χ3n) is 0. The fourth-order valence-corrected chi connectivity index (χ4v) is 0. The minimum atomic E-state index is 0. The molecule has 0 spiro atoms. The van der Waals surface area contributed by atoms with Gasteiger partial charge >= 0.3 is 0 Å². The maximum atomic E-state index is 0. The van der Waals surface area contributed by atoms with E-state index in [0.29, 0.717) is 0 Å². The SMILES string of the molecule is [Ag].[Pd].[Pt].[Rh]. The van der Waals surface area contributed by atoms with Gasteiger partial charge in [0.05, 0.1) is 0 Å². The van der Waals surface area contributed by atoms with Crippen molar-refractivity contribution < 1.29 is 83.3 Å². The van der Waals surface area contributed by atoms with Crippen molar-refractivity contribution in [3.05, 3.63) is 0 Å². The van der Waals surface area contributed by atoms with E-state index in [0.717, 1.165) is 0 Å². The quantitative estimate of drug-likeness (QED) is 0.401. The van der Waals surface area contributed by atoms with Gasteiger partial charge < -0.3 is 0 Å². The monoisotopic (exact) mass is 511 g/mol. The summed E-state index contributed by atoms with van der Waals surface area (Å²) >= 11 is 0. The molecule has 0 atom stereocenters. The molecule has 0 nitrogen and oxygen atoms in total. The van der Waals surface area contributed by atoms with Crippen LogP contribution in [0.3, 0.4) is 0 Å². The molecule has 0 aliphatic rings. The van der Waals surface area contributed by atoms with E-state index in [-0.39, 0.29) is 83.3 Å². The first-order valence-electron chi connectivity index (χ1n) is 0. The van der Waals surface area contributed by atoms with E-state index in [1.807, 2.05) is 0 Å². The van der Waals surface area contributed by atoms with E-state index < -0.39 is 0 Å². The van der Waals surface area contributed by atoms with Crippen LogP contribution >= 0.6 is 0 Å². The van der Waals surface area contributed by atoms with Crippen LogP contribution in [0.5, 0.6) is 0 Å². The van der Waals surface area contributed by atoms with Crippen LogP contribution in [-0.2, 0) is 83.3 Å². The molecule has 0 amide bonds. The second kappa shape index (κ2) is 17.2. The molecule has 0 saturated carbocycles. The number of hydrogen-bond donors (Lipinski definition) is 0. The minimum Gasteiger partial charge on any atom is 0 e. The van der Waals surface area contributed by atoms with Crippen LogP contribution in [0.2, 0.25) is 0 Å². The molecule has 0 aliphatic carbocycles. The van der Waals surface area contributed by atoms with E-state index in [4.69, 9.17) is 0 Å². The Bertz CT molecular complexity index is 8.00. The molecule has 0 aromatic carbocycles. The molecule has 0 aromatic heterocycles. The zero-order valence-electron chi connectivity index (χ0n) is 1.27. The fourth-order valence-electron chi connectivity index (χ4n) is 0. The first-order valence-corrected chi connectivity index (χ1v) is 0. The molecule has 4 heavy (non-hydrogen) atoms. The van der Waals surface area contributed by atoms with Gasteiger partial charge in [-0.15, -0.1) is 0 Å². The van der Waals surface area contributed by atoms with Gasteiger partial charge in [0.1, 0.15) is 0 Å². The van der Waals surface area contributed by atoms with Crippen molar-refractivity contribution in [3.8, 4) is 0 Å². The van der Waals surface area contributed by atoms with Crippen molar-refractivity contribution in [2.75, 3.05) is 0 Å². The summed E-state index contributed by atoms with van der Waals surface area (Å²) in [5.74, 6) is 0. The molecule has 2 radical (unpaired) electrons. The van der Waals surface area contributed by atoms with Gasteiger partial charge in [-0.2, -0.15) is 0 Å². The Morgan fingerprint density at radius 2 is 1.00 bits per heavy atom. The van der Waals surface area contributed by atoms with E-state index in [2.05, 4.69) is 0 Å². The molecular weight excluding hydrogens is 512 g/mol. The third-order valence-corrected chi connectivity index (χ3v) is 0. The molecule has 0 saturated heterocycles. The Kier molecular flexibility index (Phi) is 128. The Morgan fingerprint density at radius 1 is 1.00 bits per heavy atom. The fraction of sp³-hybridized carbons (Fsp3) is 0. The van der Waals surface area contributed by atoms with E-state index in [1.54, 1.807) is 0 Å². The van der Waals surface area contributed by atoms with Crippen molar-refractivity contribution in [1.29, 1.82) is 0 Å². The molecule has 0 aromatic rings. The Hall–Kier alpha value is 2.71. The number of rotatable bonds is 0. The largest absolute Gasteiger partial charge is 0 e. The van der Waals surface area contributed by atoms with Crippen LogP contribution in [0.15, 0.2) is 0 Å². The smallest absolute Gasteiger partial charge is 0 e. The Balaban J connectivity index is 0. The maximum absolute atomic E-state index is 0. The van der Waals surface area contributed by atoms with Crippen LogP contribution < -0.4 is 0 Å². The predicted molar refractivity (Wildman–Crippen MR) is 0 cm³/mol. The molecule has 40 valence electrons. The Labute approximate surface area is 82.1 Å².